The highest BCUT2D eigenvalue weighted by Gasteiger charge is 2.13. The number of hydrogen-bond donors (Lipinski definition) is 1. The number of aromatic nitrogens is 1. The second-order valence-electron chi connectivity index (χ2n) is 4.92. The Morgan fingerprint density at radius 3 is 2.58 bits per heavy atom. The van der Waals surface area contributed by atoms with Gasteiger partial charge in [-0.3, -0.25) is 4.98 Å². The minimum atomic E-state index is 0.997. The van der Waals surface area contributed by atoms with E-state index in [2.05, 4.69) is 61.1 Å². The number of benzene rings is 1. The molecule has 0 aliphatic heterocycles. The van der Waals surface area contributed by atoms with Gasteiger partial charge in [-0.1, -0.05) is 26.0 Å². The number of rotatable bonds is 4. The van der Waals surface area contributed by atoms with E-state index in [0.717, 1.165) is 35.1 Å². The lowest BCUT2D eigenvalue weighted by Crippen LogP contribution is -2.06. The fourth-order valence-electron chi connectivity index (χ4n) is 2.44. The summed E-state index contributed by atoms with van der Waals surface area (Å²) in [6.45, 7) is 9.58. The van der Waals surface area contributed by atoms with E-state index < -0.39 is 0 Å². The molecular weight excluding hydrogens is 300 g/mol. The first kappa shape index (κ1) is 14.3. The van der Waals surface area contributed by atoms with E-state index in [-0.39, 0.29) is 0 Å². The van der Waals surface area contributed by atoms with Crippen molar-refractivity contribution in [1.29, 1.82) is 0 Å². The Hall–Kier alpha value is -1.09. The van der Waals surface area contributed by atoms with E-state index in [4.69, 9.17) is 4.98 Å². The van der Waals surface area contributed by atoms with E-state index >= 15 is 0 Å². The van der Waals surface area contributed by atoms with Crippen LogP contribution >= 0.6 is 15.9 Å². The van der Waals surface area contributed by atoms with Gasteiger partial charge >= 0.3 is 0 Å². The molecule has 0 radical (unpaired) electrons. The lowest BCUT2D eigenvalue weighted by Gasteiger charge is -2.17. The van der Waals surface area contributed by atoms with E-state index in [9.17, 15) is 0 Å². The van der Waals surface area contributed by atoms with Crippen LogP contribution in [-0.2, 0) is 6.42 Å². The van der Waals surface area contributed by atoms with E-state index in [1.54, 1.807) is 0 Å². The number of anilines is 1. The Morgan fingerprint density at radius 1 is 1.21 bits per heavy atom. The Labute approximate surface area is 123 Å². The molecule has 2 rings (SSSR count). The normalized spacial score (nSPS) is 11.0. The molecule has 1 N–H and O–H groups in total. The van der Waals surface area contributed by atoms with E-state index in [1.165, 1.54) is 22.2 Å². The van der Waals surface area contributed by atoms with Crippen LogP contribution in [0.4, 0.5) is 5.69 Å². The van der Waals surface area contributed by atoms with Gasteiger partial charge in [-0.15, -0.1) is 0 Å². The van der Waals surface area contributed by atoms with Crippen molar-refractivity contribution in [1.82, 2.24) is 4.98 Å². The van der Waals surface area contributed by atoms with Gasteiger partial charge in [-0.25, -0.2) is 0 Å². The Balaban J connectivity index is 2.75. The van der Waals surface area contributed by atoms with E-state index in [1.807, 2.05) is 0 Å². The van der Waals surface area contributed by atoms with Gasteiger partial charge in [0.1, 0.15) is 0 Å². The van der Waals surface area contributed by atoms with Crippen molar-refractivity contribution >= 4 is 32.5 Å². The lowest BCUT2D eigenvalue weighted by molar-refractivity contribution is 0.968. The first-order chi connectivity index (χ1) is 9.10. The molecule has 0 fully saturated rings. The maximum absolute atomic E-state index is 4.79. The molecule has 0 bridgehead atoms. The molecule has 1 aromatic heterocycles. The van der Waals surface area contributed by atoms with Crippen LogP contribution in [0.25, 0.3) is 10.9 Å². The molecule has 0 amide bonds. The van der Waals surface area contributed by atoms with Crippen molar-refractivity contribution < 1.29 is 0 Å². The molecule has 0 spiro atoms. The molecule has 0 saturated carbocycles. The minimum Gasteiger partial charge on any atom is -0.384 e. The van der Waals surface area contributed by atoms with Gasteiger partial charge in [0.25, 0.3) is 0 Å². The first-order valence-corrected chi connectivity index (χ1v) is 7.71. The van der Waals surface area contributed by atoms with Crippen LogP contribution in [0, 0.1) is 13.8 Å². The van der Waals surface area contributed by atoms with Gasteiger partial charge in [0.2, 0.25) is 0 Å². The third kappa shape index (κ3) is 2.62. The van der Waals surface area contributed by atoms with Gasteiger partial charge in [-0.05, 0) is 53.7 Å². The molecule has 0 atom stereocenters. The van der Waals surface area contributed by atoms with Gasteiger partial charge in [0.15, 0.2) is 0 Å². The predicted molar refractivity (Wildman–Crippen MR) is 87.1 cm³/mol. The predicted octanol–water partition coefficient (Wildman–Crippen LogP) is 5.00. The second-order valence-corrected chi connectivity index (χ2v) is 5.72. The molecule has 1 heterocycles. The highest BCUT2D eigenvalue weighted by atomic mass is 79.9. The summed E-state index contributed by atoms with van der Waals surface area (Å²) >= 11 is 3.67. The molecule has 0 aliphatic rings. The summed E-state index contributed by atoms with van der Waals surface area (Å²) in [5.74, 6) is 0. The summed E-state index contributed by atoms with van der Waals surface area (Å²) in [5, 5.41) is 4.80. The average molecular weight is 321 g/mol. The second kappa shape index (κ2) is 5.91. The van der Waals surface area contributed by atoms with Crippen molar-refractivity contribution in [3.05, 3.63) is 33.4 Å². The van der Waals surface area contributed by atoms with Gasteiger partial charge in [0, 0.05) is 27.8 Å². The minimum absolute atomic E-state index is 0.997. The summed E-state index contributed by atoms with van der Waals surface area (Å²) in [4.78, 5) is 4.79. The Morgan fingerprint density at radius 2 is 1.95 bits per heavy atom. The quantitative estimate of drug-likeness (QED) is 0.857. The molecule has 3 heteroatoms. The molecule has 2 aromatic rings. The highest BCUT2D eigenvalue weighted by Crippen LogP contribution is 2.34. The van der Waals surface area contributed by atoms with Crippen molar-refractivity contribution in [3.8, 4) is 0 Å². The molecule has 0 aliphatic carbocycles. The summed E-state index contributed by atoms with van der Waals surface area (Å²) in [5.41, 5.74) is 6.00. The summed E-state index contributed by atoms with van der Waals surface area (Å²) in [6, 6.07) is 4.33. The third-order valence-electron chi connectivity index (χ3n) is 3.50. The van der Waals surface area contributed by atoms with Crippen molar-refractivity contribution in [3.63, 3.8) is 0 Å². The number of nitrogens with zero attached hydrogens (tertiary/aromatic N) is 1. The van der Waals surface area contributed by atoms with Gasteiger partial charge in [0.05, 0.1) is 5.52 Å². The maximum atomic E-state index is 4.79. The zero-order valence-corrected chi connectivity index (χ0v) is 13.7. The zero-order valence-electron chi connectivity index (χ0n) is 12.1. The standard InChI is InChI=1S/C16H21BrN2/c1-5-9-18-15-12(6-2)11(4)19-16-13(15)8-7-10(3)14(16)17/h7-8H,5-6,9H2,1-4H3,(H,18,19). The van der Waals surface area contributed by atoms with Crippen LogP contribution in [0.2, 0.25) is 0 Å². The van der Waals surface area contributed by atoms with Crippen molar-refractivity contribution in [2.45, 2.75) is 40.5 Å². The zero-order chi connectivity index (χ0) is 14.0. The molecular formula is C16H21BrN2. The average Bonchev–Trinajstić information content (AvgIpc) is 2.40. The number of hydrogen-bond acceptors (Lipinski definition) is 2. The summed E-state index contributed by atoms with van der Waals surface area (Å²) in [6.07, 6.45) is 2.13. The third-order valence-corrected chi connectivity index (χ3v) is 4.50. The van der Waals surface area contributed by atoms with E-state index in [0.29, 0.717) is 0 Å². The van der Waals surface area contributed by atoms with Crippen LogP contribution in [-0.4, -0.2) is 11.5 Å². The van der Waals surface area contributed by atoms with Crippen molar-refractivity contribution in [2.24, 2.45) is 0 Å². The topological polar surface area (TPSA) is 24.9 Å². The SMILES string of the molecule is CCCNc1c(CC)c(C)nc2c(Br)c(C)ccc12. The molecule has 0 saturated heterocycles. The monoisotopic (exact) mass is 320 g/mol. The molecule has 1 aromatic carbocycles. The van der Waals surface area contributed by atoms with Crippen molar-refractivity contribution in [2.75, 3.05) is 11.9 Å². The Bertz CT molecular complexity index is 605. The number of fused-ring (bicyclic) bond motifs is 1. The highest BCUT2D eigenvalue weighted by molar-refractivity contribution is 9.10. The largest absolute Gasteiger partial charge is 0.384 e. The summed E-state index contributed by atoms with van der Waals surface area (Å²) < 4.78 is 1.11. The molecule has 0 unspecified atom stereocenters. The number of halogens is 1. The lowest BCUT2D eigenvalue weighted by atomic mass is 10.0. The van der Waals surface area contributed by atoms with Crippen LogP contribution in [0.5, 0.6) is 0 Å². The maximum Gasteiger partial charge on any atom is 0.0870 e. The van der Waals surface area contributed by atoms with Crippen LogP contribution in [0.3, 0.4) is 0 Å². The van der Waals surface area contributed by atoms with Gasteiger partial charge in [-0.2, -0.15) is 0 Å². The Kier molecular flexibility index (Phi) is 4.46. The molecule has 2 nitrogen and oxygen atoms in total. The van der Waals surface area contributed by atoms with Crippen LogP contribution in [0.15, 0.2) is 16.6 Å². The number of aryl methyl sites for hydroxylation is 2. The fraction of sp³-hybridized carbons (Fsp3) is 0.438. The smallest absolute Gasteiger partial charge is 0.0870 e. The number of nitrogens with one attached hydrogen (secondary N) is 1. The number of pyridine rings is 1. The first-order valence-electron chi connectivity index (χ1n) is 6.92. The van der Waals surface area contributed by atoms with Crippen LogP contribution < -0.4 is 5.32 Å². The fourth-order valence-corrected chi connectivity index (χ4v) is 2.87. The molecule has 19 heavy (non-hydrogen) atoms. The summed E-state index contributed by atoms with van der Waals surface area (Å²) in [7, 11) is 0. The molecule has 102 valence electrons. The van der Waals surface area contributed by atoms with Gasteiger partial charge < -0.3 is 5.32 Å². The van der Waals surface area contributed by atoms with Crippen LogP contribution in [0.1, 0.15) is 37.1 Å².